The van der Waals surface area contributed by atoms with Crippen LogP contribution >= 0.6 is 11.3 Å². The average molecular weight is 349 g/mol. The molecule has 0 bridgehead atoms. The standard InChI is InChI=1S/C16H19N3O4S/c1-9-5-3-4-6-19(9)11(20)7-18-8-17-14-12(15(18)21)10(2)13(24-14)16(22)23/h8-9H,3-7H2,1-2H3,(H,22,23)/t9-/m0/s1. The van der Waals surface area contributed by atoms with E-state index in [2.05, 4.69) is 4.98 Å². The number of aryl methyl sites for hydroxylation is 1. The normalized spacial score (nSPS) is 18.1. The fraction of sp³-hybridized carbons (Fsp3) is 0.500. The molecule has 0 saturated carbocycles. The van der Waals surface area contributed by atoms with Gasteiger partial charge in [-0.1, -0.05) is 0 Å². The summed E-state index contributed by atoms with van der Waals surface area (Å²) in [6, 6.07) is 0.181. The second kappa shape index (κ2) is 6.35. The lowest BCUT2D eigenvalue weighted by Gasteiger charge is -2.33. The van der Waals surface area contributed by atoms with Crippen LogP contribution in [-0.4, -0.2) is 44.0 Å². The van der Waals surface area contributed by atoms with Crippen LogP contribution in [0.1, 0.15) is 41.4 Å². The number of aromatic nitrogens is 2. The molecule has 2 aromatic heterocycles. The minimum Gasteiger partial charge on any atom is -0.477 e. The lowest BCUT2D eigenvalue weighted by atomic mass is 10.0. The number of nitrogens with zero attached hydrogens (tertiary/aromatic N) is 3. The van der Waals surface area contributed by atoms with Crippen molar-refractivity contribution >= 4 is 33.4 Å². The summed E-state index contributed by atoms with van der Waals surface area (Å²) in [6.07, 6.45) is 4.40. The van der Waals surface area contributed by atoms with Crippen LogP contribution in [0.3, 0.4) is 0 Å². The number of piperidine rings is 1. The molecule has 0 aliphatic carbocycles. The number of carboxylic acid groups (broad SMARTS) is 1. The molecule has 1 aliphatic heterocycles. The molecule has 24 heavy (non-hydrogen) atoms. The first kappa shape index (κ1) is 16.6. The van der Waals surface area contributed by atoms with E-state index < -0.39 is 5.97 Å². The molecule has 1 saturated heterocycles. The number of thiophene rings is 1. The second-order valence-corrected chi connectivity index (χ2v) is 7.15. The molecular formula is C16H19N3O4S. The van der Waals surface area contributed by atoms with Gasteiger partial charge in [-0.15, -0.1) is 11.3 Å². The highest BCUT2D eigenvalue weighted by molar-refractivity contribution is 7.20. The Morgan fingerprint density at radius 3 is 2.83 bits per heavy atom. The van der Waals surface area contributed by atoms with Crippen LogP contribution in [0, 0.1) is 6.92 Å². The van der Waals surface area contributed by atoms with E-state index in [0.717, 1.165) is 30.6 Å². The minimum absolute atomic E-state index is 0.0657. The molecule has 128 valence electrons. The van der Waals surface area contributed by atoms with Crippen molar-refractivity contribution in [2.45, 2.75) is 45.7 Å². The highest BCUT2D eigenvalue weighted by atomic mass is 32.1. The Labute approximate surface area is 142 Å². The number of carboxylic acids is 1. The van der Waals surface area contributed by atoms with E-state index in [1.807, 2.05) is 11.8 Å². The van der Waals surface area contributed by atoms with Gasteiger partial charge in [-0.3, -0.25) is 14.2 Å². The quantitative estimate of drug-likeness (QED) is 0.913. The number of hydrogen-bond acceptors (Lipinski definition) is 5. The monoisotopic (exact) mass is 349 g/mol. The molecule has 3 heterocycles. The van der Waals surface area contributed by atoms with E-state index in [1.54, 1.807) is 6.92 Å². The first-order chi connectivity index (χ1) is 11.4. The number of hydrogen-bond donors (Lipinski definition) is 1. The van der Waals surface area contributed by atoms with Crippen LogP contribution in [0.4, 0.5) is 0 Å². The number of likely N-dealkylation sites (tertiary alicyclic amines) is 1. The van der Waals surface area contributed by atoms with E-state index in [9.17, 15) is 19.5 Å². The maximum absolute atomic E-state index is 12.7. The van der Waals surface area contributed by atoms with Crippen molar-refractivity contribution in [1.29, 1.82) is 0 Å². The minimum atomic E-state index is -1.07. The molecule has 1 aliphatic rings. The summed E-state index contributed by atoms with van der Waals surface area (Å²) < 4.78 is 1.28. The Hall–Kier alpha value is -2.22. The van der Waals surface area contributed by atoms with Gasteiger partial charge in [-0.05, 0) is 38.7 Å². The van der Waals surface area contributed by atoms with E-state index in [-0.39, 0.29) is 28.9 Å². The predicted octanol–water partition coefficient (Wildman–Crippen LogP) is 1.87. The fourth-order valence-corrected chi connectivity index (χ4v) is 4.16. The average Bonchev–Trinajstić information content (AvgIpc) is 2.88. The molecule has 2 aromatic rings. The summed E-state index contributed by atoms with van der Waals surface area (Å²) in [5.74, 6) is -1.17. The molecule has 0 unspecified atom stereocenters. The third kappa shape index (κ3) is 2.82. The van der Waals surface area contributed by atoms with Crippen LogP contribution in [0.5, 0.6) is 0 Å². The SMILES string of the molecule is Cc1c(C(=O)O)sc2ncn(CC(=O)N3CCCC[C@@H]3C)c(=O)c12. The molecule has 0 spiro atoms. The van der Waals surface area contributed by atoms with Gasteiger partial charge in [-0.25, -0.2) is 9.78 Å². The van der Waals surface area contributed by atoms with E-state index in [0.29, 0.717) is 22.3 Å². The van der Waals surface area contributed by atoms with Gasteiger partial charge in [0.2, 0.25) is 5.91 Å². The summed E-state index contributed by atoms with van der Waals surface area (Å²) in [7, 11) is 0. The van der Waals surface area contributed by atoms with E-state index in [1.165, 1.54) is 10.9 Å². The van der Waals surface area contributed by atoms with Crippen LogP contribution in [0.25, 0.3) is 10.2 Å². The van der Waals surface area contributed by atoms with Crippen molar-refractivity contribution in [3.05, 3.63) is 27.1 Å². The number of carbonyl (C=O) groups is 2. The molecule has 0 aromatic carbocycles. The highest BCUT2D eigenvalue weighted by Gasteiger charge is 2.24. The van der Waals surface area contributed by atoms with Crippen LogP contribution in [0.15, 0.2) is 11.1 Å². The summed E-state index contributed by atoms with van der Waals surface area (Å²) >= 11 is 0.983. The summed E-state index contributed by atoms with van der Waals surface area (Å²) in [5, 5.41) is 9.48. The molecular weight excluding hydrogens is 330 g/mol. The molecule has 3 rings (SSSR count). The zero-order valence-electron chi connectivity index (χ0n) is 13.6. The number of fused-ring (bicyclic) bond motifs is 1. The van der Waals surface area contributed by atoms with Crippen LogP contribution < -0.4 is 5.56 Å². The van der Waals surface area contributed by atoms with Crippen LogP contribution in [-0.2, 0) is 11.3 Å². The second-order valence-electron chi connectivity index (χ2n) is 6.15. The summed E-state index contributed by atoms with van der Waals surface area (Å²) in [5.41, 5.74) is 0.0485. The number of rotatable bonds is 3. The van der Waals surface area contributed by atoms with Gasteiger partial charge in [0, 0.05) is 12.6 Å². The number of amides is 1. The van der Waals surface area contributed by atoms with Crippen molar-refractivity contribution in [1.82, 2.24) is 14.5 Å². The Morgan fingerprint density at radius 1 is 1.42 bits per heavy atom. The van der Waals surface area contributed by atoms with Gasteiger partial charge >= 0.3 is 5.97 Å². The molecule has 0 radical (unpaired) electrons. The first-order valence-corrected chi connectivity index (χ1v) is 8.73. The number of carbonyl (C=O) groups excluding carboxylic acids is 1. The third-order valence-corrected chi connectivity index (χ3v) is 5.73. The van der Waals surface area contributed by atoms with Gasteiger partial charge in [-0.2, -0.15) is 0 Å². The van der Waals surface area contributed by atoms with Crippen molar-refractivity contribution in [2.75, 3.05) is 6.54 Å². The molecule has 1 fully saturated rings. The van der Waals surface area contributed by atoms with Crippen molar-refractivity contribution in [3.63, 3.8) is 0 Å². The highest BCUT2D eigenvalue weighted by Crippen LogP contribution is 2.26. The van der Waals surface area contributed by atoms with Crippen molar-refractivity contribution in [3.8, 4) is 0 Å². The molecule has 1 amide bonds. The Kier molecular flexibility index (Phi) is 4.40. The third-order valence-electron chi connectivity index (χ3n) is 4.54. The zero-order valence-corrected chi connectivity index (χ0v) is 14.4. The zero-order chi connectivity index (χ0) is 17.4. The molecule has 1 atom stereocenters. The van der Waals surface area contributed by atoms with Gasteiger partial charge < -0.3 is 10.0 Å². The van der Waals surface area contributed by atoms with Gasteiger partial charge in [0.1, 0.15) is 16.3 Å². The largest absolute Gasteiger partial charge is 0.477 e. The smallest absolute Gasteiger partial charge is 0.346 e. The van der Waals surface area contributed by atoms with Gasteiger partial charge in [0.05, 0.1) is 11.7 Å². The van der Waals surface area contributed by atoms with Crippen molar-refractivity contribution in [2.24, 2.45) is 0 Å². The predicted molar refractivity (Wildman–Crippen MR) is 90.6 cm³/mol. The lowest BCUT2D eigenvalue weighted by Crippen LogP contribution is -2.44. The number of aromatic carboxylic acids is 1. The first-order valence-electron chi connectivity index (χ1n) is 7.91. The lowest BCUT2D eigenvalue weighted by molar-refractivity contribution is -0.135. The Bertz CT molecular complexity index is 870. The fourth-order valence-electron chi connectivity index (χ4n) is 3.18. The molecule has 1 N–H and O–H groups in total. The maximum Gasteiger partial charge on any atom is 0.346 e. The maximum atomic E-state index is 12.7. The summed E-state index contributed by atoms with van der Waals surface area (Å²) in [6.45, 7) is 4.27. The van der Waals surface area contributed by atoms with E-state index in [4.69, 9.17) is 0 Å². The van der Waals surface area contributed by atoms with Crippen molar-refractivity contribution < 1.29 is 14.7 Å². The van der Waals surface area contributed by atoms with Gasteiger partial charge in [0.25, 0.3) is 5.56 Å². The molecule has 8 heteroatoms. The van der Waals surface area contributed by atoms with E-state index >= 15 is 0 Å². The molecule has 7 nitrogen and oxygen atoms in total. The summed E-state index contributed by atoms with van der Waals surface area (Å²) in [4.78, 5) is 42.9. The topological polar surface area (TPSA) is 92.5 Å². The Morgan fingerprint density at radius 2 is 2.17 bits per heavy atom. The van der Waals surface area contributed by atoms with Crippen LogP contribution in [0.2, 0.25) is 0 Å². The Balaban J connectivity index is 1.94. The van der Waals surface area contributed by atoms with Gasteiger partial charge in [0.15, 0.2) is 0 Å².